The molecule has 1 N–H and O–H groups in total. The first kappa shape index (κ1) is 23.6. The first-order chi connectivity index (χ1) is 15.5. The van der Waals surface area contributed by atoms with Crippen molar-refractivity contribution in [3.05, 3.63) is 91.9 Å². The molecule has 0 aliphatic rings. The Morgan fingerprint density at radius 1 is 0.938 bits per heavy atom. The SMILES string of the molecule is COc1ccc(CCNCc2c(Br)ccc(OC)c2OCc2ccc([N+](=O)[O-])cc2)cc1. The normalized spacial score (nSPS) is 10.6. The molecule has 0 atom stereocenters. The van der Waals surface area contributed by atoms with Crippen LogP contribution in [-0.2, 0) is 19.6 Å². The second kappa shape index (κ2) is 11.5. The highest BCUT2D eigenvalue weighted by atomic mass is 79.9. The fourth-order valence-corrected chi connectivity index (χ4v) is 3.63. The van der Waals surface area contributed by atoms with E-state index in [2.05, 4.69) is 33.4 Å². The molecule has 0 saturated carbocycles. The summed E-state index contributed by atoms with van der Waals surface area (Å²) in [6, 6.07) is 18.1. The summed E-state index contributed by atoms with van der Waals surface area (Å²) in [7, 11) is 3.26. The second-order valence-corrected chi connectivity index (χ2v) is 7.90. The van der Waals surface area contributed by atoms with E-state index >= 15 is 0 Å². The number of rotatable bonds is 11. The molecule has 0 saturated heterocycles. The highest BCUT2D eigenvalue weighted by Crippen LogP contribution is 2.37. The van der Waals surface area contributed by atoms with Gasteiger partial charge in [0.25, 0.3) is 5.69 Å². The van der Waals surface area contributed by atoms with Gasteiger partial charge in [-0.05, 0) is 60.5 Å². The van der Waals surface area contributed by atoms with Crippen molar-refractivity contribution in [2.45, 2.75) is 19.6 Å². The fraction of sp³-hybridized carbons (Fsp3) is 0.250. The van der Waals surface area contributed by atoms with E-state index in [-0.39, 0.29) is 12.3 Å². The molecule has 0 heterocycles. The average molecular weight is 501 g/mol. The minimum atomic E-state index is -0.419. The molecule has 8 heteroatoms. The van der Waals surface area contributed by atoms with E-state index in [4.69, 9.17) is 14.2 Å². The minimum Gasteiger partial charge on any atom is -0.497 e. The minimum absolute atomic E-state index is 0.0514. The van der Waals surface area contributed by atoms with Crippen LogP contribution in [0.15, 0.2) is 65.1 Å². The first-order valence-electron chi connectivity index (χ1n) is 10.1. The molecule has 0 aliphatic heterocycles. The van der Waals surface area contributed by atoms with Crippen molar-refractivity contribution in [3.8, 4) is 17.2 Å². The number of hydrogen-bond donors (Lipinski definition) is 1. The molecule has 0 unspecified atom stereocenters. The number of nitro groups is 1. The molecular weight excluding hydrogens is 476 g/mol. The van der Waals surface area contributed by atoms with Crippen LogP contribution >= 0.6 is 15.9 Å². The molecule has 7 nitrogen and oxygen atoms in total. The standard InChI is InChI=1S/C24H25BrN2O5/c1-30-20-9-5-17(6-10-20)13-14-26-15-21-22(25)11-12-23(31-2)24(21)32-16-18-3-7-19(8-4-18)27(28)29/h3-12,26H,13-16H2,1-2H3. The van der Waals surface area contributed by atoms with E-state index in [0.29, 0.717) is 18.0 Å². The summed E-state index contributed by atoms with van der Waals surface area (Å²) in [4.78, 5) is 10.4. The van der Waals surface area contributed by atoms with Crippen molar-refractivity contribution in [3.63, 3.8) is 0 Å². The highest BCUT2D eigenvalue weighted by Gasteiger charge is 2.15. The van der Waals surface area contributed by atoms with Crippen LogP contribution in [0.2, 0.25) is 0 Å². The molecule has 0 fully saturated rings. The summed E-state index contributed by atoms with van der Waals surface area (Å²) in [5.41, 5.74) is 3.05. The maximum atomic E-state index is 10.8. The number of ether oxygens (including phenoxy) is 3. The average Bonchev–Trinajstić information content (AvgIpc) is 2.82. The number of nitro benzene ring substituents is 1. The number of halogens is 1. The van der Waals surface area contributed by atoms with Crippen LogP contribution in [0.4, 0.5) is 5.69 Å². The second-order valence-electron chi connectivity index (χ2n) is 7.04. The smallest absolute Gasteiger partial charge is 0.269 e. The van der Waals surface area contributed by atoms with E-state index < -0.39 is 4.92 Å². The summed E-state index contributed by atoms with van der Waals surface area (Å²) >= 11 is 3.61. The molecule has 0 bridgehead atoms. The van der Waals surface area contributed by atoms with Crippen LogP contribution in [-0.4, -0.2) is 25.7 Å². The Morgan fingerprint density at radius 3 is 2.25 bits per heavy atom. The number of non-ortho nitro benzene ring substituents is 1. The summed E-state index contributed by atoms with van der Waals surface area (Å²) in [6.45, 7) is 1.64. The third-order valence-corrected chi connectivity index (χ3v) is 5.71. The number of methoxy groups -OCH3 is 2. The third-order valence-electron chi connectivity index (χ3n) is 4.97. The Hall–Kier alpha value is -3.10. The van der Waals surface area contributed by atoms with Gasteiger partial charge in [-0.1, -0.05) is 28.1 Å². The van der Waals surface area contributed by atoms with E-state index in [1.165, 1.54) is 17.7 Å². The Balaban J connectivity index is 1.65. The van der Waals surface area contributed by atoms with Crippen molar-refractivity contribution in [2.75, 3.05) is 20.8 Å². The number of nitrogens with zero attached hydrogens (tertiary/aromatic N) is 1. The molecular formula is C24H25BrN2O5. The van der Waals surface area contributed by atoms with Crippen molar-refractivity contribution in [1.82, 2.24) is 5.32 Å². The highest BCUT2D eigenvalue weighted by molar-refractivity contribution is 9.10. The molecule has 3 rings (SSSR count). The molecule has 0 aromatic heterocycles. The van der Waals surface area contributed by atoms with E-state index in [0.717, 1.165) is 34.3 Å². The molecule has 32 heavy (non-hydrogen) atoms. The lowest BCUT2D eigenvalue weighted by Crippen LogP contribution is -2.18. The lowest BCUT2D eigenvalue weighted by molar-refractivity contribution is -0.384. The van der Waals surface area contributed by atoms with Gasteiger partial charge >= 0.3 is 0 Å². The molecule has 0 aliphatic carbocycles. The van der Waals surface area contributed by atoms with Crippen LogP contribution in [0, 0.1) is 10.1 Å². The molecule has 168 valence electrons. The van der Waals surface area contributed by atoms with E-state index in [1.54, 1.807) is 26.4 Å². The van der Waals surface area contributed by atoms with Gasteiger partial charge in [-0.3, -0.25) is 10.1 Å². The summed E-state index contributed by atoms with van der Waals surface area (Å²) < 4.78 is 17.7. The molecule has 0 radical (unpaired) electrons. The summed E-state index contributed by atoms with van der Waals surface area (Å²) in [5, 5.41) is 14.3. The van der Waals surface area contributed by atoms with Gasteiger partial charge in [0.05, 0.1) is 19.1 Å². The van der Waals surface area contributed by atoms with Crippen molar-refractivity contribution >= 4 is 21.6 Å². The maximum Gasteiger partial charge on any atom is 0.269 e. The van der Waals surface area contributed by atoms with Gasteiger partial charge in [0.15, 0.2) is 11.5 Å². The van der Waals surface area contributed by atoms with Crippen molar-refractivity contribution < 1.29 is 19.1 Å². The quantitative estimate of drug-likeness (QED) is 0.219. The van der Waals surface area contributed by atoms with E-state index in [1.807, 2.05) is 24.3 Å². The molecule has 0 spiro atoms. The monoisotopic (exact) mass is 500 g/mol. The maximum absolute atomic E-state index is 10.8. The Labute approximate surface area is 195 Å². The van der Waals surface area contributed by atoms with Gasteiger partial charge in [0.1, 0.15) is 12.4 Å². The number of benzene rings is 3. The van der Waals surface area contributed by atoms with Crippen LogP contribution in [0.25, 0.3) is 0 Å². The van der Waals surface area contributed by atoms with Crippen molar-refractivity contribution in [2.24, 2.45) is 0 Å². The van der Waals surface area contributed by atoms with Crippen LogP contribution in [0.1, 0.15) is 16.7 Å². The van der Waals surface area contributed by atoms with Gasteiger partial charge in [-0.25, -0.2) is 0 Å². The van der Waals surface area contributed by atoms with Gasteiger partial charge in [-0.15, -0.1) is 0 Å². The Kier molecular flexibility index (Phi) is 8.47. The number of hydrogen-bond acceptors (Lipinski definition) is 6. The zero-order valence-electron chi connectivity index (χ0n) is 18.0. The zero-order valence-corrected chi connectivity index (χ0v) is 19.6. The van der Waals surface area contributed by atoms with Crippen LogP contribution in [0.5, 0.6) is 17.2 Å². The van der Waals surface area contributed by atoms with Gasteiger partial charge < -0.3 is 19.5 Å². The fourth-order valence-electron chi connectivity index (χ4n) is 3.17. The Morgan fingerprint density at radius 2 is 1.62 bits per heavy atom. The zero-order chi connectivity index (χ0) is 22.9. The van der Waals surface area contributed by atoms with Crippen molar-refractivity contribution in [1.29, 1.82) is 0 Å². The summed E-state index contributed by atoms with van der Waals surface area (Å²) in [6.07, 6.45) is 0.880. The van der Waals surface area contributed by atoms with E-state index in [9.17, 15) is 10.1 Å². The van der Waals surface area contributed by atoms with Crippen LogP contribution < -0.4 is 19.5 Å². The molecule has 3 aromatic rings. The van der Waals surface area contributed by atoms with Gasteiger partial charge in [0, 0.05) is 28.7 Å². The largest absolute Gasteiger partial charge is 0.497 e. The van der Waals surface area contributed by atoms with Gasteiger partial charge in [0.2, 0.25) is 0 Å². The molecule has 3 aromatic carbocycles. The summed E-state index contributed by atoms with van der Waals surface area (Å²) in [5.74, 6) is 2.11. The lowest BCUT2D eigenvalue weighted by atomic mass is 10.1. The van der Waals surface area contributed by atoms with Gasteiger partial charge in [-0.2, -0.15) is 0 Å². The first-order valence-corrected chi connectivity index (χ1v) is 10.9. The third kappa shape index (κ3) is 6.21. The molecule has 0 amide bonds. The predicted molar refractivity (Wildman–Crippen MR) is 127 cm³/mol. The number of nitrogens with one attached hydrogen (secondary N) is 1. The lowest BCUT2D eigenvalue weighted by Gasteiger charge is -2.17. The van der Waals surface area contributed by atoms with Crippen LogP contribution in [0.3, 0.4) is 0 Å². The predicted octanol–water partition coefficient (Wildman–Crippen LogP) is 5.29. The Bertz CT molecular complexity index is 1040. The topological polar surface area (TPSA) is 82.9 Å².